The molecule has 0 fully saturated rings. The summed E-state index contributed by atoms with van der Waals surface area (Å²) in [4.78, 5) is 0. The van der Waals surface area contributed by atoms with Gasteiger partial charge in [0.15, 0.2) is 0 Å². The van der Waals surface area contributed by atoms with Crippen LogP contribution in [0.5, 0.6) is 11.8 Å². The Bertz CT molecular complexity index is 1090. The first-order valence-corrected chi connectivity index (χ1v) is 6.60. The van der Waals surface area contributed by atoms with Gasteiger partial charge in [0.25, 0.3) is 34.9 Å². The largest absolute Gasteiger partial charge is 0.408 e. The minimum Gasteiger partial charge on any atom is -0.408 e. The quantitative estimate of drug-likeness (QED) is 0.380. The van der Waals surface area contributed by atoms with Crippen molar-refractivity contribution in [2.45, 2.75) is 0 Å². The van der Waals surface area contributed by atoms with E-state index >= 15 is 0 Å². The molecule has 0 amide bonds. The fraction of sp³-hybridized carbons (Fsp3) is 0. The highest BCUT2D eigenvalue weighted by atomic mass is 16.6. The van der Waals surface area contributed by atoms with Crippen LogP contribution >= 0.6 is 0 Å². The van der Waals surface area contributed by atoms with Gasteiger partial charge in [-0.3, -0.25) is 0 Å². The maximum Gasteiger partial charge on any atom is 0.311 e. The van der Waals surface area contributed by atoms with Gasteiger partial charge >= 0.3 is 11.8 Å². The molecule has 0 N–H and O–H groups in total. The topological polar surface area (TPSA) is 239 Å². The number of ether oxygens (including phenoxy) is 1. The maximum absolute atomic E-state index is 5.33. The summed E-state index contributed by atoms with van der Waals surface area (Å²) in [5.41, 5.74) is 0. The van der Waals surface area contributed by atoms with Crippen molar-refractivity contribution in [1.82, 2.24) is 41.3 Å². The van der Waals surface area contributed by atoms with E-state index in [0.29, 0.717) is 0 Å². The number of nitrogens with zero attached hydrogens (tertiary/aromatic N) is 14. The van der Waals surface area contributed by atoms with Gasteiger partial charge in [0.2, 0.25) is 0 Å². The lowest BCUT2D eigenvalue weighted by Gasteiger charge is -1.94. The monoisotopic (exact) mass is 372 g/mol. The highest BCUT2D eigenvalue weighted by Crippen LogP contribution is 2.35. The molecule has 0 unspecified atom stereocenters. The molecule has 5 rings (SSSR count). The van der Waals surface area contributed by atoms with Crippen LogP contribution in [0.15, 0.2) is 49.2 Å². The third kappa shape index (κ3) is 2.65. The average molecular weight is 372 g/mol. The van der Waals surface area contributed by atoms with Crippen LogP contribution < -0.4 is 4.74 Å². The molecule has 0 saturated carbocycles. The molecule has 0 aliphatic carbocycles. The van der Waals surface area contributed by atoms with Crippen molar-refractivity contribution in [3.05, 3.63) is 0 Å². The molecule has 0 radical (unpaired) electrons. The molecule has 19 nitrogen and oxygen atoms in total. The summed E-state index contributed by atoms with van der Waals surface area (Å²) in [6, 6.07) is 0. The first-order valence-electron chi connectivity index (χ1n) is 6.60. The average Bonchev–Trinajstić information content (AvgIpc) is 3.45. The van der Waals surface area contributed by atoms with Crippen molar-refractivity contribution in [2.75, 3.05) is 0 Å². The van der Waals surface area contributed by atoms with Crippen molar-refractivity contribution >= 4 is 34.9 Å². The van der Waals surface area contributed by atoms with Crippen LogP contribution in [-0.2, 0) is 0 Å². The molecule has 27 heavy (non-hydrogen) atoms. The zero-order valence-electron chi connectivity index (χ0n) is 12.3. The van der Waals surface area contributed by atoms with Gasteiger partial charge in [0.05, 0.1) is 0 Å². The molecule has 0 saturated heterocycles. The fourth-order valence-corrected chi connectivity index (χ4v) is 1.59. The molecule has 0 aromatic carbocycles. The summed E-state index contributed by atoms with van der Waals surface area (Å²) in [6.45, 7) is 0. The molecule has 19 heteroatoms. The van der Waals surface area contributed by atoms with Gasteiger partial charge in [-0.25, -0.2) is 18.5 Å². The molecule has 0 spiro atoms. The molecular formula is C8N14O5. The van der Waals surface area contributed by atoms with Gasteiger partial charge in [-0.1, -0.05) is 0 Å². The van der Waals surface area contributed by atoms with Crippen LogP contribution in [-0.4, -0.2) is 41.3 Å². The van der Waals surface area contributed by atoms with Crippen LogP contribution in [0, 0.1) is 0 Å². The van der Waals surface area contributed by atoms with Crippen LogP contribution in [0.4, 0.5) is 34.9 Å². The van der Waals surface area contributed by atoms with Crippen molar-refractivity contribution < 1.29 is 23.3 Å². The van der Waals surface area contributed by atoms with Crippen LogP contribution in [0.1, 0.15) is 0 Å². The van der Waals surface area contributed by atoms with Crippen molar-refractivity contribution in [3.63, 3.8) is 0 Å². The lowest BCUT2D eigenvalue weighted by atomic mass is 10.6. The molecule has 4 aromatic heterocycles. The number of hydrogen-bond donors (Lipinski definition) is 0. The molecule has 5 heterocycles. The highest BCUT2D eigenvalue weighted by Gasteiger charge is 2.20. The van der Waals surface area contributed by atoms with Crippen molar-refractivity contribution in [2.24, 2.45) is 30.7 Å². The Hall–Kier alpha value is -4.84. The second-order valence-electron chi connectivity index (χ2n) is 4.31. The van der Waals surface area contributed by atoms with Crippen LogP contribution in [0.25, 0.3) is 0 Å². The van der Waals surface area contributed by atoms with Crippen molar-refractivity contribution in [3.8, 4) is 11.8 Å². The summed E-state index contributed by atoms with van der Waals surface area (Å²) in [5, 5.41) is 50.6. The fourth-order valence-electron chi connectivity index (χ4n) is 1.59. The van der Waals surface area contributed by atoms with Gasteiger partial charge in [0.1, 0.15) is 0 Å². The van der Waals surface area contributed by atoms with Gasteiger partial charge < -0.3 is 4.74 Å². The first-order chi connectivity index (χ1) is 13.4. The third-order valence-corrected chi connectivity index (χ3v) is 2.71. The summed E-state index contributed by atoms with van der Waals surface area (Å²) < 4.78 is 23.5. The predicted molar refractivity (Wildman–Crippen MR) is 69.8 cm³/mol. The van der Waals surface area contributed by atoms with Gasteiger partial charge in [-0.05, 0) is 41.3 Å². The number of hydrogen-bond acceptors (Lipinski definition) is 19. The van der Waals surface area contributed by atoms with Gasteiger partial charge in [-0.2, -0.15) is 0 Å². The Morgan fingerprint density at radius 3 is 1.04 bits per heavy atom. The van der Waals surface area contributed by atoms with E-state index in [9.17, 15) is 0 Å². The minimum absolute atomic E-state index is 0.127. The smallest absolute Gasteiger partial charge is 0.311 e. The standard InChI is InChI=1S/C8N14O5/c9-1-3(17-24-15-1)11-13-5-7(21-26-19-5)23-8-6(20-27-22-8)14-12-4-2(10-9)16-25-18-4. The van der Waals surface area contributed by atoms with E-state index in [4.69, 9.17) is 4.74 Å². The Balaban J connectivity index is 1.65. The van der Waals surface area contributed by atoms with E-state index in [1.807, 2.05) is 0 Å². The van der Waals surface area contributed by atoms with Crippen LogP contribution in [0.3, 0.4) is 0 Å². The normalized spacial score (nSPS) is 13.0. The molecule has 0 atom stereocenters. The predicted octanol–water partition coefficient (Wildman–Crippen LogP) is 2.57. The summed E-state index contributed by atoms with van der Waals surface area (Å²) >= 11 is 0. The summed E-state index contributed by atoms with van der Waals surface area (Å²) in [5.74, 6) is -1.29. The van der Waals surface area contributed by atoms with E-state index in [2.05, 4.69) is 90.5 Å². The van der Waals surface area contributed by atoms with Crippen molar-refractivity contribution in [1.29, 1.82) is 0 Å². The van der Waals surface area contributed by atoms with E-state index < -0.39 is 0 Å². The van der Waals surface area contributed by atoms with E-state index in [-0.39, 0.29) is 46.7 Å². The minimum atomic E-state index is -0.218. The number of fused-ring (bicyclic) bond motifs is 4. The Morgan fingerprint density at radius 1 is 0.333 bits per heavy atom. The second kappa shape index (κ2) is 5.91. The van der Waals surface area contributed by atoms with Crippen LogP contribution in [0.2, 0.25) is 0 Å². The number of azo groups is 3. The zero-order chi connectivity index (χ0) is 18.1. The summed E-state index contributed by atoms with van der Waals surface area (Å²) in [6.07, 6.45) is 0. The molecule has 0 bridgehead atoms. The van der Waals surface area contributed by atoms with Gasteiger partial charge in [0, 0.05) is 0 Å². The Labute approximate surface area is 143 Å². The number of rotatable bonds is 0. The molecule has 1 aliphatic rings. The molecule has 1 aliphatic heterocycles. The highest BCUT2D eigenvalue weighted by molar-refractivity contribution is 5.52. The molecular weight excluding hydrogens is 372 g/mol. The zero-order valence-corrected chi connectivity index (χ0v) is 12.3. The summed E-state index contributed by atoms with van der Waals surface area (Å²) in [7, 11) is 0. The first kappa shape index (κ1) is 14.5. The molecule has 132 valence electrons. The SMILES string of the molecule is N1=Nc2nonc2N=Nc2nonc2Oc2nonc2N=Nc2nonc21. The van der Waals surface area contributed by atoms with E-state index in [1.54, 1.807) is 0 Å². The Morgan fingerprint density at radius 2 is 0.630 bits per heavy atom. The lowest BCUT2D eigenvalue weighted by Crippen LogP contribution is -1.85. The second-order valence-corrected chi connectivity index (χ2v) is 4.31. The van der Waals surface area contributed by atoms with E-state index in [1.165, 1.54) is 0 Å². The molecule has 4 aromatic rings. The van der Waals surface area contributed by atoms with E-state index in [0.717, 1.165) is 0 Å². The number of aromatic nitrogens is 8. The Kier molecular flexibility index (Phi) is 3.17. The third-order valence-electron chi connectivity index (χ3n) is 2.71. The van der Waals surface area contributed by atoms with Gasteiger partial charge in [-0.15, -0.1) is 30.7 Å². The lowest BCUT2D eigenvalue weighted by molar-refractivity contribution is 0.272. The maximum atomic E-state index is 5.33.